The summed E-state index contributed by atoms with van der Waals surface area (Å²) in [4.78, 5) is 12.1. The highest BCUT2D eigenvalue weighted by atomic mass is 15.0. The summed E-state index contributed by atoms with van der Waals surface area (Å²) in [7, 11) is 1.87. The van der Waals surface area contributed by atoms with E-state index in [4.69, 9.17) is 0 Å². The number of aromatic nitrogens is 3. The number of rotatable bonds is 1. The van der Waals surface area contributed by atoms with Gasteiger partial charge in [-0.15, -0.1) is 0 Å². The van der Waals surface area contributed by atoms with Crippen LogP contribution in [-0.2, 0) is 0 Å². The van der Waals surface area contributed by atoms with Crippen LogP contribution in [0.2, 0.25) is 0 Å². The lowest BCUT2D eigenvalue weighted by Gasteiger charge is -2.01. The maximum absolute atomic E-state index is 4.15. The second-order valence-corrected chi connectivity index (χ2v) is 2.55. The predicted octanol–water partition coefficient (Wildman–Crippen LogP) is -0.747. The van der Waals surface area contributed by atoms with Gasteiger partial charge >= 0.3 is 0 Å². The van der Waals surface area contributed by atoms with Gasteiger partial charge in [-0.1, -0.05) is 13.8 Å². The van der Waals surface area contributed by atoms with Gasteiger partial charge in [-0.3, -0.25) is 0 Å². The van der Waals surface area contributed by atoms with E-state index in [-0.39, 0.29) is 0 Å². The van der Waals surface area contributed by atoms with E-state index < -0.39 is 0 Å². The van der Waals surface area contributed by atoms with E-state index in [2.05, 4.69) is 28.8 Å². The normalized spacial score (nSPS) is 10.3. The molecule has 1 aromatic heterocycles. The lowest BCUT2D eigenvalue weighted by Crippen LogP contribution is -2.16. The van der Waals surface area contributed by atoms with Crippen molar-refractivity contribution >= 4 is 13.6 Å². The molecule has 3 nitrogen and oxygen atoms in total. The molecule has 1 heterocycles. The van der Waals surface area contributed by atoms with E-state index in [1.807, 2.05) is 7.85 Å². The molecule has 1 rings (SSSR count). The molecule has 10 heavy (non-hydrogen) atoms. The summed E-state index contributed by atoms with van der Waals surface area (Å²) in [5, 5.41) is 0. The Morgan fingerprint density at radius 2 is 2.10 bits per heavy atom. The van der Waals surface area contributed by atoms with Crippen molar-refractivity contribution in [2.45, 2.75) is 19.8 Å². The Bertz CT molecular complexity index is 224. The van der Waals surface area contributed by atoms with Gasteiger partial charge in [-0.05, 0) is 0 Å². The van der Waals surface area contributed by atoms with E-state index >= 15 is 0 Å². The van der Waals surface area contributed by atoms with E-state index in [1.165, 1.54) is 0 Å². The molecular weight excluding hydrogens is 125 g/mol. The molecule has 0 saturated carbocycles. The molecule has 0 atom stereocenters. The second kappa shape index (κ2) is 2.77. The van der Waals surface area contributed by atoms with E-state index in [1.54, 1.807) is 6.33 Å². The van der Waals surface area contributed by atoms with Crippen LogP contribution in [0.1, 0.15) is 25.6 Å². The molecule has 0 spiro atoms. The maximum atomic E-state index is 4.15. The van der Waals surface area contributed by atoms with Gasteiger partial charge in [0.1, 0.15) is 12.2 Å². The molecule has 0 bridgehead atoms. The van der Waals surface area contributed by atoms with Crippen molar-refractivity contribution < 1.29 is 0 Å². The van der Waals surface area contributed by atoms with Crippen LogP contribution in [0, 0.1) is 0 Å². The first-order valence-corrected chi connectivity index (χ1v) is 3.35. The fraction of sp³-hybridized carbons (Fsp3) is 0.500. The third kappa shape index (κ3) is 1.53. The Kier molecular flexibility index (Phi) is 1.99. The molecule has 0 fully saturated rings. The van der Waals surface area contributed by atoms with Crippen molar-refractivity contribution in [3.8, 4) is 0 Å². The minimum atomic E-state index is 0.390. The number of nitrogens with zero attached hydrogens (tertiary/aromatic N) is 3. The van der Waals surface area contributed by atoms with Crippen molar-refractivity contribution in [2.75, 3.05) is 0 Å². The highest BCUT2D eigenvalue weighted by Gasteiger charge is 2.00. The van der Waals surface area contributed by atoms with Crippen molar-refractivity contribution in [3.05, 3.63) is 12.2 Å². The Morgan fingerprint density at radius 3 is 2.50 bits per heavy atom. The van der Waals surface area contributed by atoms with Gasteiger partial charge in [0.2, 0.25) is 0 Å². The first-order valence-electron chi connectivity index (χ1n) is 3.35. The molecule has 0 unspecified atom stereocenters. The van der Waals surface area contributed by atoms with Crippen molar-refractivity contribution in [3.63, 3.8) is 0 Å². The van der Waals surface area contributed by atoms with Gasteiger partial charge in [-0.25, -0.2) is 15.0 Å². The van der Waals surface area contributed by atoms with Crippen LogP contribution >= 0.6 is 0 Å². The monoisotopic (exact) mass is 135 g/mol. The van der Waals surface area contributed by atoms with Crippen LogP contribution in [0.25, 0.3) is 0 Å². The molecule has 1 aromatic rings. The molecule has 0 radical (unpaired) electrons. The van der Waals surface area contributed by atoms with Gasteiger partial charge in [0, 0.05) is 5.92 Å². The first-order chi connectivity index (χ1) is 4.70. The Morgan fingerprint density at radius 1 is 1.40 bits per heavy atom. The summed E-state index contributed by atoms with van der Waals surface area (Å²) in [6.07, 6.45) is 1.55. The Hall–Kier alpha value is -0.925. The molecule has 0 amide bonds. The quantitative estimate of drug-likeness (QED) is 0.475. The third-order valence-corrected chi connectivity index (χ3v) is 1.23. The standard InChI is InChI=1S/C6H10BN3/c1-4(2)5-8-3-9-6(7)10-5/h3-4H,7H2,1-2H3. The molecule has 4 heteroatoms. The van der Waals surface area contributed by atoms with Crippen molar-refractivity contribution in [1.29, 1.82) is 0 Å². The summed E-state index contributed by atoms with van der Waals surface area (Å²) in [6.45, 7) is 4.13. The smallest absolute Gasteiger partial charge is 0.189 e. The number of hydrogen-bond donors (Lipinski definition) is 0. The van der Waals surface area contributed by atoms with Crippen molar-refractivity contribution in [1.82, 2.24) is 15.0 Å². The Labute approximate surface area is 61.3 Å². The zero-order valence-corrected chi connectivity index (χ0v) is 6.50. The van der Waals surface area contributed by atoms with Crippen LogP contribution < -0.4 is 5.72 Å². The molecule has 0 aliphatic heterocycles. The van der Waals surface area contributed by atoms with Gasteiger partial charge < -0.3 is 0 Å². The molecule has 0 aliphatic rings. The third-order valence-electron chi connectivity index (χ3n) is 1.23. The summed E-state index contributed by atoms with van der Waals surface area (Å²) in [5.41, 5.74) is 0.790. The summed E-state index contributed by atoms with van der Waals surface area (Å²) < 4.78 is 0. The zero-order chi connectivity index (χ0) is 7.56. The number of hydrogen-bond acceptors (Lipinski definition) is 3. The van der Waals surface area contributed by atoms with Crippen LogP contribution in [0.4, 0.5) is 0 Å². The highest BCUT2D eigenvalue weighted by molar-refractivity contribution is 6.28. The van der Waals surface area contributed by atoms with Crippen LogP contribution in [-0.4, -0.2) is 22.8 Å². The van der Waals surface area contributed by atoms with Gasteiger partial charge in [0.25, 0.3) is 0 Å². The fourth-order valence-electron chi connectivity index (χ4n) is 0.673. The molecule has 0 N–H and O–H groups in total. The van der Waals surface area contributed by atoms with Gasteiger partial charge in [0.05, 0.1) is 5.72 Å². The summed E-state index contributed by atoms with van der Waals surface area (Å²) in [6, 6.07) is 0. The van der Waals surface area contributed by atoms with E-state index in [0.29, 0.717) is 5.92 Å². The Balaban J connectivity index is 2.96. The average Bonchev–Trinajstić information content (AvgIpc) is 1.88. The molecule has 52 valence electrons. The average molecular weight is 135 g/mol. The van der Waals surface area contributed by atoms with Crippen LogP contribution in [0.3, 0.4) is 0 Å². The SMILES string of the molecule is Bc1ncnc(C(C)C)n1. The summed E-state index contributed by atoms with van der Waals surface area (Å²) in [5.74, 6) is 1.26. The summed E-state index contributed by atoms with van der Waals surface area (Å²) >= 11 is 0. The van der Waals surface area contributed by atoms with Crippen molar-refractivity contribution in [2.24, 2.45) is 0 Å². The fourth-order valence-corrected chi connectivity index (χ4v) is 0.673. The van der Waals surface area contributed by atoms with E-state index in [0.717, 1.165) is 11.5 Å². The minimum Gasteiger partial charge on any atom is -0.233 e. The lowest BCUT2D eigenvalue weighted by atomic mass is 10.1. The molecule has 0 saturated heterocycles. The van der Waals surface area contributed by atoms with Crippen LogP contribution in [0.5, 0.6) is 0 Å². The highest BCUT2D eigenvalue weighted by Crippen LogP contribution is 2.03. The predicted molar refractivity (Wildman–Crippen MR) is 42.1 cm³/mol. The lowest BCUT2D eigenvalue weighted by molar-refractivity contribution is 0.768. The largest absolute Gasteiger partial charge is 0.233 e. The topological polar surface area (TPSA) is 38.7 Å². The molecule has 0 aliphatic carbocycles. The maximum Gasteiger partial charge on any atom is 0.189 e. The zero-order valence-electron chi connectivity index (χ0n) is 6.50. The van der Waals surface area contributed by atoms with Crippen LogP contribution in [0.15, 0.2) is 6.33 Å². The van der Waals surface area contributed by atoms with E-state index in [9.17, 15) is 0 Å². The first kappa shape index (κ1) is 7.19. The molecule has 0 aromatic carbocycles. The minimum absolute atomic E-state index is 0.390. The molecular formula is C6H10BN3. The van der Waals surface area contributed by atoms with Gasteiger partial charge in [-0.2, -0.15) is 0 Å². The second-order valence-electron chi connectivity index (χ2n) is 2.55. The van der Waals surface area contributed by atoms with Gasteiger partial charge in [0.15, 0.2) is 7.85 Å².